The summed E-state index contributed by atoms with van der Waals surface area (Å²) >= 11 is 0. The van der Waals surface area contributed by atoms with Crippen molar-refractivity contribution in [2.45, 2.75) is 38.1 Å². The monoisotopic (exact) mass is 375 g/mol. The summed E-state index contributed by atoms with van der Waals surface area (Å²) in [7, 11) is 3.65. The number of ether oxygens (including phenoxy) is 1. The second kappa shape index (κ2) is 7.19. The molecule has 3 fully saturated rings. The maximum atomic E-state index is 12.7. The average Bonchev–Trinajstić information content (AvgIpc) is 3.33. The van der Waals surface area contributed by atoms with E-state index in [1.165, 1.54) is 7.11 Å². The van der Waals surface area contributed by atoms with Crippen molar-refractivity contribution in [3.63, 3.8) is 0 Å². The number of hydrogen-bond donors (Lipinski definition) is 0. The molecule has 0 aliphatic carbocycles. The number of amides is 2. The van der Waals surface area contributed by atoms with E-state index in [-0.39, 0.29) is 11.3 Å². The molecule has 0 aromatic carbocycles. The lowest BCUT2D eigenvalue weighted by molar-refractivity contribution is -0.141. The van der Waals surface area contributed by atoms with Crippen LogP contribution in [0, 0.1) is 5.41 Å². The lowest BCUT2D eigenvalue weighted by Crippen LogP contribution is -2.55. The van der Waals surface area contributed by atoms with E-state index in [4.69, 9.17) is 9.15 Å². The van der Waals surface area contributed by atoms with Crippen LogP contribution in [0.2, 0.25) is 0 Å². The molecule has 1 unspecified atom stereocenters. The molecule has 148 valence electrons. The molecule has 1 aromatic heterocycles. The summed E-state index contributed by atoms with van der Waals surface area (Å²) in [5.41, 5.74) is 0.159. The number of carbonyl (C=O) groups excluding carboxylic acids is 2. The Balaban J connectivity index is 1.38. The Morgan fingerprint density at radius 1 is 1.22 bits per heavy atom. The minimum Gasteiger partial charge on any atom is -0.468 e. The fourth-order valence-corrected chi connectivity index (χ4v) is 4.84. The van der Waals surface area contributed by atoms with E-state index < -0.39 is 0 Å². The van der Waals surface area contributed by atoms with Crippen molar-refractivity contribution in [3.05, 3.63) is 17.9 Å². The summed E-state index contributed by atoms with van der Waals surface area (Å²) in [5, 5.41) is 0. The number of nitrogens with zero attached hydrogens (tertiary/aromatic N) is 3. The predicted molar refractivity (Wildman–Crippen MR) is 99.7 cm³/mol. The number of piperidine rings is 2. The van der Waals surface area contributed by atoms with Crippen LogP contribution in [0.4, 0.5) is 0 Å². The molecule has 3 aliphatic rings. The van der Waals surface area contributed by atoms with Crippen molar-refractivity contribution in [1.82, 2.24) is 14.7 Å². The van der Waals surface area contributed by atoms with Gasteiger partial charge in [-0.1, -0.05) is 0 Å². The minimum absolute atomic E-state index is 0.0747. The predicted octanol–water partition coefficient (Wildman–Crippen LogP) is 1.84. The van der Waals surface area contributed by atoms with Gasteiger partial charge in [0, 0.05) is 44.7 Å². The highest BCUT2D eigenvalue weighted by molar-refractivity contribution is 5.91. The molecule has 0 bridgehead atoms. The van der Waals surface area contributed by atoms with Gasteiger partial charge in [0.25, 0.3) is 11.9 Å². The van der Waals surface area contributed by atoms with Gasteiger partial charge in [-0.2, -0.15) is 0 Å². The van der Waals surface area contributed by atoms with Crippen molar-refractivity contribution >= 4 is 11.8 Å². The van der Waals surface area contributed by atoms with Crippen LogP contribution in [0.1, 0.15) is 42.7 Å². The van der Waals surface area contributed by atoms with Crippen LogP contribution in [-0.2, 0) is 4.79 Å². The first-order chi connectivity index (χ1) is 13.0. The second-order valence-corrected chi connectivity index (χ2v) is 8.34. The van der Waals surface area contributed by atoms with Crippen molar-refractivity contribution < 1.29 is 18.7 Å². The molecule has 1 aromatic rings. The summed E-state index contributed by atoms with van der Waals surface area (Å²) in [6.45, 7) is 4.33. The quantitative estimate of drug-likeness (QED) is 0.807. The minimum atomic E-state index is -0.0747. The lowest BCUT2D eigenvalue weighted by Gasteiger charge is -2.48. The lowest BCUT2D eigenvalue weighted by atomic mass is 9.72. The SMILES string of the molecule is COc1ccc(C(=O)N2CCC3(CCC(=O)N(C4CCN(C)C4)C3)CC2)o1. The highest BCUT2D eigenvalue weighted by atomic mass is 16.6. The summed E-state index contributed by atoms with van der Waals surface area (Å²) in [4.78, 5) is 31.5. The molecule has 7 nitrogen and oxygen atoms in total. The van der Waals surface area contributed by atoms with Gasteiger partial charge in [0.15, 0.2) is 5.76 Å². The van der Waals surface area contributed by atoms with Gasteiger partial charge in [-0.25, -0.2) is 0 Å². The van der Waals surface area contributed by atoms with Crippen LogP contribution in [0.15, 0.2) is 16.5 Å². The number of hydrogen-bond acceptors (Lipinski definition) is 5. The summed E-state index contributed by atoms with van der Waals surface area (Å²) in [6, 6.07) is 3.69. The highest BCUT2D eigenvalue weighted by Crippen LogP contribution is 2.41. The maximum absolute atomic E-state index is 12.7. The Labute approximate surface area is 160 Å². The molecular weight excluding hydrogens is 346 g/mol. The fraction of sp³-hybridized carbons (Fsp3) is 0.700. The van der Waals surface area contributed by atoms with Crippen molar-refractivity contribution in [2.75, 3.05) is 46.9 Å². The van der Waals surface area contributed by atoms with E-state index in [2.05, 4.69) is 16.8 Å². The fourth-order valence-electron chi connectivity index (χ4n) is 4.84. The van der Waals surface area contributed by atoms with Crippen LogP contribution in [0.3, 0.4) is 0 Å². The summed E-state index contributed by atoms with van der Waals surface area (Å²) in [5.74, 6) is 0.920. The Morgan fingerprint density at radius 3 is 2.63 bits per heavy atom. The smallest absolute Gasteiger partial charge is 0.289 e. The van der Waals surface area contributed by atoms with Gasteiger partial charge in [0.05, 0.1) is 7.11 Å². The number of likely N-dealkylation sites (N-methyl/N-ethyl adjacent to an activating group) is 1. The van der Waals surface area contributed by atoms with E-state index in [0.29, 0.717) is 43.2 Å². The molecule has 0 saturated carbocycles. The number of carbonyl (C=O) groups is 2. The van der Waals surface area contributed by atoms with Crippen LogP contribution in [-0.4, -0.2) is 79.4 Å². The van der Waals surface area contributed by atoms with Gasteiger partial charge >= 0.3 is 0 Å². The Hall–Kier alpha value is -2.02. The zero-order chi connectivity index (χ0) is 19.0. The van der Waals surface area contributed by atoms with E-state index in [1.807, 2.05) is 4.90 Å². The van der Waals surface area contributed by atoms with Gasteiger partial charge < -0.3 is 23.9 Å². The van der Waals surface area contributed by atoms with Gasteiger partial charge in [-0.3, -0.25) is 9.59 Å². The third-order valence-electron chi connectivity index (χ3n) is 6.61. The molecule has 2 amide bonds. The molecular formula is C20H29N3O4. The Bertz CT molecular complexity index is 708. The first-order valence-corrected chi connectivity index (χ1v) is 9.91. The highest BCUT2D eigenvalue weighted by Gasteiger charge is 2.44. The molecule has 1 atom stereocenters. The molecule has 0 N–H and O–H groups in total. The van der Waals surface area contributed by atoms with E-state index >= 15 is 0 Å². The van der Waals surface area contributed by atoms with Gasteiger partial charge in [0.2, 0.25) is 5.91 Å². The maximum Gasteiger partial charge on any atom is 0.289 e. The topological polar surface area (TPSA) is 66.2 Å². The number of furan rings is 1. The molecule has 0 radical (unpaired) electrons. The van der Waals surface area contributed by atoms with Crippen LogP contribution < -0.4 is 4.74 Å². The third kappa shape index (κ3) is 3.57. The van der Waals surface area contributed by atoms with E-state index in [1.54, 1.807) is 12.1 Å². The van der Waals surface area contributed by atoms with E-state index in [9.17, 15) is 9.59 Å². The van der Waals surface area contributed by atoms with Gasteiger partial charge in [0.1, 0.15) is 0 Å². The molecule has 3 saturated heterocycles. The molecule has 3 aliphatic heterocycles. The molecule has 27 heavy (non-hydrogen) atoms. The van der Waals surface area contributed by atoms with Crippen LogP contribution >= 0.6 is 0 Å². The standard InChI is InChI=1S/C20H29N3O4/c1-21-10-6-15(13-21)23-14-20(7-5-17(23)24)8-11-22(12-9-20)19(25)16-3-4-18(26-2)27-16/h3-4,15H,5-14H2,1-2H3. The zero-order valence-corrected chi connectivity index (χ0v) is 16.3. The molecule has 1 spiro atoms. The normalized spacial score (nSPS) is 26.0. The number of methoxy groups -OCH3 is 1. The number of rotatable bonds is 3. The molecule has 7 heteroatoms. The summed E-state index contributed by atoms with van der Waals surface area (Å²) < 4.78 is 10.4. The molecule has 4 heterocycles. The van der Waals surface area contributed by atoms with Gasteiger partial charge in [-0.05, 0) is 50.8 Å². The largest absolute Gasteiger partial charge is 0.468 e. The Morgan fingerprint density at radius 2 is 2.00 bits per heavy atom. The molecule has 4 rings (SSSR count). The summed E-state index contributed by atoms with van der Waals surface area (Å²) in [6.07, 6.45) is 4.56. The van der Waals surface area contributed by atoms with Crippen molar-refractivity contribution in [3.8, 4) is 5.95 Å². The van der Waals surface area contributed by atoms with Gasteiger partial charge in [-0.15, -0.1) is 0 Å². The van der Waals surface area contributed by atoms with Crippen molar-refractivity contribution in [2.24, 2.45) is 5.41 Å². The number of likely N-dealkylation sites (tertiary alicyclic amines) is 3. The first-order valence-electron chi connectivity index (χ1n) is 9.91. The van der Waals surface area contributed by atoms with Crippen molar-refractivity contribution in [1.29, 1.82) is 0 Å². The first kappa shape index (κ1) is 18.3. The second-order valence-electron chi connectivity index (χ2n) is 8.34. The zero-order valence-electron chi connectivity index (χ0n) is 16.3. The van der Waals surface area contributed by atoms with E-state index in [0.717, 1.165) is 45.3 Å². The average molecular weight is 375 g/mol. The third-order valence-corrected chi connectivity index (χ3v) is 6.61. The van der Waals surface area contributed by atoms with Crippen LogP contribution in [0.5, 0.6) is 5.95 Å². The van der Waals surface area contributed by atoms with Crippen LogP contribution in [0.25, 0.3) is 0 Å². The Kier molecular flexibility index (Phi) is 4.88.